The lowest BCUT2D eigenvalue weighted by Crippen LogP contribution is -1.87. The molecule has 2 aliphatic carbocycles. The van der Waals surface area contributed by atoms with E-state index in [0.717, 1.165) is 11.8 Å². The molecular weight excluding hydrogens is 144 g/mol. The minimum atomic E-state index is 0.830. The molecule has 12 heavy (non-hydrogen) atoms. The van der Waals surface area contributed by atoms with Gasteiger partial charge in [-0.2, -0.15) is 0 Å². The first kappa shape index (κ1) is 8.10. The Bertz CT molecular complexity index is 232. The summed E-state index contributed by atoms with van der Waals surface area (Å²) < 4.78 is 0. The molecule has 0 aromatic rings. The van der Waals surface area contributed by atoms with Crippen LogP contribution in [-0.2, 0) is 0 Å². The van der Waals surface area contributed by atoms with Gasteiger partial charge in [-0.3, -0.25) is 0 Å². The molecule has 0 heteroatoms. The zero-order valence-electron chi connectivity index (χ0n) is 8.14. The Kier molecular flexibility index (Phi) is 2.08. The minimum absolute atomic E-state index is 0.830. The number of allylic oxidation sites excluding steroid dienone is 4. The van der Waals surface area contributed by atoms with Crippen molar-refractivity contribution < 1.29 is 0 Å². The predicted molar refractivity (Wildman–Crippen MR) is 53.0 cm³/mol. The SMILES string of the molecule is CC1C=C(C2=CCC(C)C2)CC1. The van der Waals surface area contributed by atoms with Gasteiger partial charge in [0, 0.05) is 0 Å². The van der Waals surface area contributed by atoms with E-state index in [1.165, 1.54) is 25.7 Å². The van der Waals surface area contributed by atoms with Crippen LogP contribution in [0, 0.1) is 11.8 Å². The highest BCUT2D eigenvalue weighted by Gasteiger charge is 2.19. The van der Waals surface area contributed by atoms with Gasteiger partial charge in [0.15, 0.2) is 0 Å². The van der Waals surface area contributed by atoms with Crippen molar-refractivity contribution in [2.75, 3.05) is 0 Å². The maximum Gasteiger partial charge on any atom is -0.0251 e. The van der Waals surface area contributed by atoms with E-state index in [2.05, 4.69) is 26.0 Å². The molecule has 0 heterocycles. The minimum Gasteiger partial charge on any atom is -0.0808 e. The third kappa shape index (κ3) is 1.48. The molecule has 66 valence electrons. The Morgan fingerprint density at radius 2 is 2.08 bits per heavy atom. The standard InChI is InChI=1S/C12H18/c1-9-3-5-11(7-9)12-6-4-10(2)8-12/h5,8-10H,3-4,6-7H2,1-2H3. The van der Waals surface area contributed by atoms with E-state index < -0.39 is 0 Å². The second kappa shape index (κ2) is 3.08. The van der Waals surface area contributed by atoms with Crippen molar-refractivity contribution in [3.05, 3.63) is 23.3 Å². The molecule has 0 fully saturated rings. The Hall–Kier alpha value is -0.520. The second-order valence-corrected chi connectivity index (χ2v) is 4.48. The Labute approximate surface area is 75.4 Å². The van der Waals surface area contributed by atoms with Crippen molar-refractivity contribution in [2.45, 2.75) is 39.5 Å². The van der Waals surface area contributed by atoms with Crippen LogP contribution in [-0.4, -0.2) is 0 Å². The van der Waals surface area contributed by atoms with Crippen LogP contribution in [0.3, 0.4) is 0 Å². The number of hydrogen-bond donors (Lipinski definition) is 0. The molecule has 0 saturated carbocycles. The first-order valence-electron chi connectivity index (χ1n) is 5.16. The van der Waals surface area contributed by atoms with Crippen LogP contribution in [0.25, 0.3) is 0 Å². The van der Waals surface area contributed by atoms with E-state index in [1.54, 1.807) is 11.1 Å². The van der Waals surface area contributed by atoms with Crippen LogP contribution in [0.5, 0.6) is 0 Å². The maximum atomic E-state index is 2.48. The van der Waals surface area contributed by atoms with Crippen LogP contribution >= 0.6 is 0 Å². The molecule has 0 radical (unpaired) electrons. The van der Waals surface area contributed by atoms with Crippen molar-refractivity contribution >= 4 is 0 Å². The quantitative estimate of drug-likeness (QED) is 0.551. The molecule has 0 bridgehead atoms. The van der Waals surface area contributed by atoms with Gasteiger partial charge in [-0.1, -0.05) is 26.0 Å². The summed E-state index contributed by atoms with van der Waals surface area (Å²) >= 11 is 0. The van der Waals surface area contributed by atoms with Gasteiger partial charge >= 0.3 is 0 Å². The molecule has 2 rings (SSSR count). The summed E-state index contributed by atoms with van der Waals surface area (Å²) in [6.45, 7) is 4.67. The van der Waals surface area contributed by atoms with Gasteiger partial charge in [0.05, 0.1) is 0 Å². The highest BCUT2D eigenvalue weighted by atomic mass is 14.2. The van der Waals surface area contributed by atoms with Crippen LogP contribution in [0.15, 0.2) is 23.3 Å². The van der Waals surface area contributed by atoms with Gasteiger partial charge < -0.3 is 0 Å². The smallest absolute Gasteiger partial charge is 0.0251 e. The predicted octanol–water partition coefficient (Wildman–Crippen LogP) is 3.70. The second-order valence-electron chi connectivity index (χ2n) is 4.48. The van der Waals surface area contributed by atoms with E-state index in [-0.39, 0.29) is 0 Å². The molecule has 2 aliphatic rings. The van der Waals surface area contributed by atoms with Gasteiger partial charge in [-0.15, -0.1) is 0 Å². The Morgan fingerprint density at radius 3 is 2.58 bits per heavy atom. The summed E-state index contributed by atoms with van der Waals surface area (Å²) in [5, 5.41) is 0. The molecule has 2 atom stereocenters. The average Bonchev–Trinajstić information content (AvgIpc) is 2.58. The Balaban J connectivity index is 2.06. The lowest BCUT2D eigenvalue weighted by Gasteiger charge is -2.03. The molecule has 0 N–H and O–H groups in total. The highest BCUT2D eigenvalue weighted by molar-refractivity contribution is 5.36. The molecule has 0 aromatic carbocycles. The Morgan fingerprint density at radius 1 is 1.25 bits per heavy atom. The van der Waals surface area contributed by atoms with Crippen molar-refractivity contribution in [3.8, 4) is 0 Å². The number of hydrogen-bond acceptors (Lipinski definition) is 0. The van der Waals surface area contributed by atoms with E-state index >= 15 is 0 Å². The number of rotatable bonds is 1. The molecule has 0 aliphatic heterocycles. The zero-order valence-corrected chi connectivity index (χ0v) is 8.14. The zero-order chi connectivity index (χ0) is 8.55. The summed E-state index contributed by atoms with van der Waals surface area (Å²) in [4.78, 5) is 0. The first-order valence-corrected chi connectivity index (χ1v) is 5.16. The fraction of sp³-hybridized carbons (Fsp3) is 0.667. The van der Waals surface area contributed by atoms with Gasteiger partial charge in [0.2, 0.25) is 0 Å². The monoisotopic (exact) mass is 162 g/mol. The average molecular weight is 162 g/mol. The van der Waals surface area contributed by atoms with E-state index in [9.17, 15) is 0 Å². The third-order valence-electron chi connectivity index (χ3n) is 3.10. The molecule has 0 nitrogen and oxygen atoms in total. The van der Waals surface area contributed by atoms with Gasteiger partial charge in [-0.25, -0.2) is 0 Å². The van der Waals surface area contributed by atoms with Gasteiger partial charge in [-0.05, 0) is 48.7 Å². The van der Waals surface area contributed by atoms with Crippen LogP contribution in [0.1, 0.15) is 39.5 Å². The van der Waals surface area contributed by atoms with Crippen molar-refractivity contribution in [2.24, 2.45) is 11.8 Å². The van der Waals surface area contributed by atoms with Crippen molar-refractivity contribution in [3.63, 3.8) is 0 Å². The van der Waals surface area contributed by atoms with Crippen molar-refractivity contribution in [1.29, 1.82) is 0 Å². The molecule has 0 amide bonds. The summed E-state index contributed by atoms with van der Waals surface area (Å²) in [6.07, 6.45) is 10.3. The lowest BCUT2D eigenvalue weighted by molar-refractivity contribution is 0.628. The summed E-state index contributed by atoms with van der Waals surface area (Å²) in [5.74, 6) is 1.73. The van der Waals surface area contributed by atoms with E-state index in [0.29, 0.717) is 0 Å². The third-order valence-corrected chi connectivity index (χ3v) is 3.10. The van der Waals surface area contributed by atoms with Crippen LogP contribution < -0.4 is 0 Å². The summed E-state index contributed by atoms with van der Waals surface area (Å²) in [5.41, 5.74) is 3.32. The fourth-order valence-corrected chi connectivity index (χ4v) is 2.31. The fourth-order valence-electron chi connectivity index (χ4n) is 2.31. The van der Waals surface area contributed by atoms with E-state index in [4.69, 9.17) is 0 Å². The van der Waals surface area contributed by atoms with Crippen molar-refractivity contribution in [1.82, 2.24) is 0 Å². The van der Waals surface area contributed by atoms with Crippen LogP contribution in [0.2, 0.25) is 0 Å². The molecule has 0 spiro atoms. The topological polar surface area (TPSA) is 0 Å². The van der Waals surface area contributed by atoms with Gasteiger partial charge in [0.1, 0.15) is 0 Å². The van der Waals surface area contributed by atoms with E-state index in [1.807, 2.05) is 0 Å². The van der Waals surface area contributed by atoms with Crippen LogP contribution in [0.4, 0.5) is 0 Å². The summed E-state index contributed by atoms with van der Waals surface area (Å²) in [7, 11) is 0. The first-order chi connectivity index (χ1) is 5.75. The normalized spacial score (nSPS) is 35.2. The molecule has 0 saturated heterocycles. The summed E-state index contributed by atoms with van der Waals surface area (Å²) in [6, 6.07) is 0. The van der Waals surface area contributed by atoms with Gasteiger partial charge in [0.25, 0.3) is 0 Å². The highest BCUT2D eigenvalue weighted by Crippen LogP contribution is 2.36. The molecular formula is C12H18. The maximum absolute atomic E-state index is 2.48. The lowest BCUT2D eigenvalue weighted by atomic mass is 10.0. The molecule has 2 unspecified atom stereocenters. The largest absolute Gasteiger partial charge is 0.0808 e. The molecule has 0 aromatic heterocycles.